The highest BCUT2D eigenvalue weighted by Crippen LogP contribution is 2.18. The SMILES string of the molecule is COCCOc1cccc(NCC(=O)Nc2ccc(C(=O)N3CCCCCC3)cc2)c1. The number of methoxy groups -OCH3 is 1. The number of nitrogens with zero attached hydrogens (tertiary/aromatic N) is 1. The maximum atomic E-state index is 12.7. The van der Waals surface area contributed by atoms with Crippen LogP contribution < -0.4 is 15.4 Å². The lowest BCUT2D eigenvalue weighted by Gasteiger charge is -2.20. The van der Waals surface area contributed by atoms with Crippen LogP contribution in [0.2, 0.25) is 0 Å². The summed E-state index contributed by atoms with van der Waals surface area (Å²) < 4.78 is 10.5. The standard InChI is InChI=1S/C24H31N3O4/c1-30-15-16-31-22-8-6-7-21(17-22)25-18-23(28)26-20-11-9-19(10-12-20)24(29)27-13-4-2-3-5-14-27/h6-12,17,25H,2-5,13-16,18H2,1H3,(H,26,28). The highest BCUT2D eigenvalue weighted by atomic mass is 16.5. The van der Waals surface area contributed by atoms with Crippen LogP contribution in [0.3, 0.4) is 0 Å². The Morgan fingerprint density at radius 1 is 0.935 bits per heavy atom. The first-order valence-corrected chi connectivity index (χ1v) is 10.8. The molecule has 2 aromatic rings. The number of ether oxygens (including phenoxy) is 2. The van der Waals surface area contributed by atoms with E-state index >= 15 is 0 Å². The van der Waals surface area contributed by atoms with Crippen LogP contribution in [-0.2, 0) is 9.53 Å². The number of carbonyl (C=O) groups is 2. The lowest BCUT2D eigenvalue weighted by atomic mass is 10.1. The van der Waals surface area contributed by atoms with Gasteiger partial charge < -0.3 is 25.0 Å². The van der Waals surface area contributed by atoms with Gasteiger partial charge in [-0.05, 0) is 49.2 Å². The van der Waals surface area contributed by atoms with Gasteiger partial charge in [0.1, 0.15) is 12.4 Å². The summed E-state index contributed by atoms with van der Waals surface area (Å²) >= 11 is 0. The van der Waals surface area contributed by atoms with Crippen molar-refractivity contribution in [3.63, 3.8) is 0 Å². The van der Waals surface area contributed by atoms with E-state index in [1.807, 2.05) is 29.2 Å². The fourth-order valence-electron chi connectivity index (χ4n) is 3.48. The second-order valence-corrected chi connectivity index (χ2v) is 7.55. The van der Waals surface area contributed by atoms with Gasteiger partial charge in [0.05, 0.1) is 13.2 Å². The van der Waals surface area contributed by atoms with Gasteiger partial charge in [-0.2, -0.15) is 0 Å². The van der Waals surface area contributed by atoms with Crippen molar-refractivity contribution in [2.24, 2.45) is 0 Å². The van der Waals surface area contributed by atoms with Crippen molar-refractivity contribution in [1.82, 2.24) is 4.90 Å². The molecule has 3 rings (SSSR count). The van der Waals surface area contributed by atoms with Crippen LogP contribution in [0, 0.1) is 0 Å². The Morgan fingerprint density at radius 2 is 1.68 bits per heavy atom. The molecule has 0 radical (unpaired) electrons. The number of likely N-dealkylation sites (tertiary alicyclic amines) is 1. The molecule has 0 spiro atoms. The number of benzene rings is 2. The monoisotopic (exact) mass is 425 g/mol. The Labute approximate surface area is 183 Å². The maximum absolute atomic E-state index is 12.7. The summed E-state index contributed by atoms with van der Waals surface area (Å²) in [4.78, 5) is 26.9. The first-order valence-electron chi connectivity index (χ1n) is 10.8. The maximum Gasteiger partial charge on any atom is 0.253 e. The van der Waals surface area contributed by atoms with E-state index in [2.05, 4.69) is 10.6 Å². The van der Waals surface area contributed by atoms with E-state index in [0.29, 0.717) is 30.2 Å². The average molecular weight is 426 g/mol. The molecule has 0 unspecified atom stereocenters. The number of hydrogen-bond acceptors (Lipinski definition) is 5. The number of anilines is 2. The van der Waals surface area contributed by atoms with Gasteiger partial charge in [0.25, 0.3) is 5.91 Å². The molecule has 1 heterocycles. The third kappa shape index (κ3) is 7.29. The molecule has 1 aliphatic rings. The second-order valence-electron chi connectivity index (χ2n) is 7.55. The molecule has 1 aliphatic heterocycles. The fourth-order valence-corrected chi connectivity index (χ4v) is 3.48. The van der Waals surface area contributed by atoms with Gasteiger partial charge in [0, 0.05) is 43.2 Å². The molecule has 166 valence electrons. The van der Waals surface area contributed by atoms with Crippen molar-refractivity contribution >= 4 is 23.2 Å². The summed E-state index contributed by atoms with van der Waals surface area (Å²) in [5.74, 6) is 0.610. The fraction of sp³-hybridized carbons (Fsp3) is 0.417. The van der Waals surface area contributed by atoms with E-state index in [1.165, 1.54) is 12.8 Å². The lowest BCUT2D eigenvalue weighted by molar-refractivity contribution is -0.114. The van der Waals surface area contributed by atoms with Crippen molar-refractivity contribution in [2.45, 2.75) is 25.7 Å². The molecule has 1 saturated heterocycles. The van der Waals surface area contributed by atoms with Crippen molar-refractivity contribution in [2.75, 3.05) is 50.6 Å². The normalized spacial score (nSPS) is 13.9. The van der Waals surface area contributed by atoms with Gasteiger partial charge in [-0.1, -0.05) is 18.9 Å². The Balaban J connectivity index is 1.47. The zero-order valence-electron chi connectivity index (χ0n) is 18.1. The average Bonchev–Trinajstić information content (AvgIpc) is 3.08. The van der Waals surface area contributed by atoms with Crippen LogP contribution in [0.15, 0.2) is 48.5 Å². The van der Waals surface area contributed by atoms with Crippen LogP contribution in [0.4, 0.5) is 11.4 Å². The molecule has 0 saturated carbocycles. The minimum absolute atomic E-state index is 0.0639. The third-order valence-corrected chi connectivity index (χ3v) is 5.15. The van der Waals surface area contributed by atoms with Crippen molar-refractivity contribution in [3.8, 4) is 5.75 Å². The molecule has 2 amide bonds. The second kappa shape index (κ2) is 12.0. The number of carbonyl (C=O) groups excluding carboxylic acids is 2. The van der Waals surface area contributed by atoms with Gasteiger partial charge in [0.2, 0.25) is 5.91 Å². The largest absolute Gasteiger partial charge is 0.491 e. The molecule has 31 heavy (non-hydrogen) atoms. The van der Waals surface area contributed by atoms with Crippen LogP contribution in [0.5, 0.6) is 5.75 Å². The van der Waals surface area contributed by atoms with Gasteiger partial charge in [0.15, 0.2) is 0 Å². The molecule has 0 bridgehead atoms. The van der Waals surface area contributed by atoms with Gasteiger partial charge in [-0.3, -0.25) is 9.59 Å². The van der Waals surface area contributed by atoms with Gasteiger partial charge in [-0.25, -0.2) is 0 Å². The van der Waals surface area contributed by atoms with Gasteiger partial charge >= 0.3 is 0 Å². The van der Waals surface area contributed by atoms with E-state index < -0.39 is 0 Å². The molecular formula is C24H31N3O4. The van der Waals surface area contributed by atoms with Crippen LogP contribution >= 0.6 is 0 Å². The quantitative estimate of drug-likeness (QED) is 0.598. The number of nitrogens with one attached hydrogen (secondary N) is 2. The molecular weight excluding hydrogens is 394 g/mol. The zero-order valence-corrected chi connectivity index (χ0v) is 18.1. The third-order valence-electron chi connectivity index (χ3n) is 5.15. The first-order chi connectivity index (χ1) is 15.2. The summed E-state index contributed by atoms with van der Waals surface area (Å²) in [5, 5.41) is 5.94. The summed E-state index contributed by atoms with van der Waals surface area (Å²) in [7, 11) is 1.63. The highest BCUT2D eigenvalue weighted by Gasteiger charge is 2.17. The lowest BCUT2D eigenvalue weighted by Crippen LogP contribution is -2.31. The van der Waals surface area contributed by atoms with Crippen molar-refractivity contribution < 1.29 is 19.1 Å². The Hall–Kier alpha value is -3.06. The molecule has 0 aromatic heterocycles. The van der Waals surface area contributed by atoms with E-state index in [9.17, 15) is 9.59 Å². The minimum atomic E-state index is -0.169. The summed E-state index contributed by atoms with van der Waals surface area (Å²) in [6.45, 7) is 2.75. The van der Waals surface area contributed by atoms with E-state index in [-0.39, 0.29) is 18.4 Å². The molecule has 7 heteroatoms. The zero-order chi connectivity index (χ0) is 21.9. The van der Waals surface area contributed by atoms with E-state index in [0.717, 1.165) is 31.6 Å². The number of hydrogen-bond donors (Lipinski definition) is 2. The summed E-state index contributed by atoms with van der Waals surface area (Å²) in [5.41, 5.74) is 2.11. The molecule has 7 nitrogen and oxygen atoms in total. The van der Waals surface area contributed by atoms with Crippen molar-refractivity contribution in [1.29, 1.82) is 0 Å². The Morgan fingerprint density at radius 3 is 2.39 bits per heavy atom. The number of amides is 2. The molecule has 2 aromatic carbocycles. The molecule has 0 aliphatic carbocycles. The highest BCUT2D eigenvalue weighted by molar-refractivity contribution is 5.96. The van der Waals surface area contributed by atoms with Gasteiger partial charge in [-0.15, -0.1) is 0 Å². The topological polar surface area (TPSA) is 79.9 Å². The summed E-state index contributed by atoms with van der Waals surface area (Å²) in [6.07, 6.45) is 4.51. The summed E-state index contributed by atoms with van der Waals surface area (Å²) in [6, 6.07) is 14.5. The molecule has 2 N–H and O–H groups in total. The molecule has 1 fully saturated rings. The Bertz CT molecular complexity index is 846. The molecule has 0 atom stereocenters. The van der Waals surface area contributed by atoms with E-state index in [4.69, 9.17) is 9.47 Å². The van der Waals surface area contributed by atoms with Crippen LogP contribution in [0.1, 0.15) is 36.0 Å². The van der Waals surface area contributed by atoms with Crippen LogP contribution in [0.25, 0.3) is 0 Å². The predicted molar refractivity (Wildman–Crippen MR) is 122 cm³/mol. The Kier molecular flexibility index (Phi) is 8.72. The van der Waals surface area contributed by atoms with Crippen molar-refractivity contribution in [3.05, 3.63) is 54.1 Å². The van der Waals surface area contributed by atoms with Crippen LogP contribution in [-0.4, -0.2) is 56.7 Å². The van der Waals surface area contributed by atoms with E-state index in [1.54, 1.807) is 31.4 Å². The minimum Gasteiger partial charge on any atom is -0.491 e. The first kappa shape index (κ1) is 22.6. The predicted octanol–water partition coefficient (Wildman–Crippen LogP) is 3.78. The smallest absolute Gasteiger partial charge is 0.253 e. The number of rotatable bonds is 9.